The third-order valence-electron chi connectivity index (χ3n) is 5.64. The van der Waals surface area contributed by atoms with Crippen molar-refractivity contribution in [2.24, 2.45) is 0 Å². The molecule has 0 aliphatic carbocycles. The molecule has 0 N–H and O–H groups in total. The smallest absolute Gasteiger partial charge is 0.278 e. The number of nitro benzene ring substituents is 1. The van der Waals surface area contributed by atoms with E-state index in [1.165, 1.54) is 0 Å². The van der Waals surface area contributed by atoms with Crippen LogP contribution in [0, 0.1) is 10.1 Å². The SMILES string of the molecule is O=[N+]([O-])c1ccc(N2CCC[C@@H]2c2ccc3c(c2)OCCCO3)c2ncccc12. The molecule has 1 fully saturated rings. The van der Waals surface area contributed by atoms with Crippen molar-refractivity contribution in [3.8, 4) is 11.5 Å². The lowest BCUT2D eigenvalue weighted by atomic mass is 10.0. The van der Waals surface area contributed by atoms with Gasteiger partial charge in [0.25, 0.3) is 5.69 Å². The summed E-state index contributed by atoms with van der Waals surface area (Å²) in [6.07, 6.45) is 4.61. The molecule has 1 saturated heterocycles. The van der Waals surface area contributed by atoms with Crippen molar-refractivity contribution in [2.75, 3.05) is 24.7 Å². The Kier molecular flexibility index (Phi) is 4.42. The van der Waals surface area contributed by atoms with Crippen LogP contribution < -0.4 is 14.4 Å². The second-order valence-electron chi connectivity index (χ2n) is 7.37. The molecule has 148 valence electrons. The molecule has 2 aliphatic rings. The Morgan fingerprint density at radius 2 is 1.93 bits per heavy atom. The molecule has 7 nitrogen and oxygen atoms in total. The van der Waals surface area contributed by atoms with Crippen molar-refractivity contribution in [1.29, 1.82) is 0 Å². The Balaban J connectivity index is 1.56. The fourth-order valence-corrected chi connectivity index (χ4v) is 4.32. The van der Waals surface area contributed by atoms with Crippen LogP contribution in [0.1, 0.15) is 30.9 Å². The molecule has 7 heteroatoms. The molecule has 5 rings (SSSR count). The van der Waals surface area contributed by atoms with Gasteiger partial charge >= 0.3 is 0 Å². The number of benzene rings is 2. The average molecular weight is 391 g/mol. The minimum atomic E-state index is -0.348. The van der Waals surface area contributed by atoms with Gasteiger partial charge in [0, 0.05) is 25.2 Å². The van der Waals surface area contributed by atoms with Crippen LogP contribution in [0.15, 0.2) is 48.7 Å². The number of nitrogens with zero attached hydrogens (tertiary/aromatic N) is 3. The zero-order chi connectivity index (χ0) is 19.8. The Morgan fingerprint density at radius 1 is 1.07 bits per heavy atom. The first-order chi connectivity index (χ1) is 14.2. The summed E-state index contributed by atoms with van der Waals surface area (Å²) in [5, 5.41) is 12.0. The van der Waals surface area contributed by atoms with Gasteiger partial charge in [-0.2, -0.15) is 0 Å². The first-order valence-corrected chi connectivity index (χ1v) is 9.91. The molecule has 0 bridgehead atoms. The molecule has 1 aromatic heterocycles. The van der Waals surface area contributed by atoms with Crippen LogP contribution in [-0.4, -0.2) is 29.7 Å². The second-order valence-corrected chi connectivity index (χ2v) is 7.37. The third-order valence-corrected chi connectivity index (χ3v) is 5.64. The van der Waals surface area contributed by atoms with Gasteiger partial charge in [-0.15, -0.1) is 0 Å². The molecule has 0 saturated carbocycles. The van der Waals surface area contributed by atoms with E-state index >= 15 is 0 Å². The molecule has 2 aliphatic heterocycles. The van der Waals surface area contributed by atoms with Gasteiger partial charge in [0.15, 0.2) is 11.5 Å². The van der Waals surface area contributed by atoms with Gasteiger partial charge in [-0.1, -0.05) is 6.07 Å². The van der Waals surface area contributed by atoms with Gasteiger partial charge < -0.3 is 14.4 Å². The fourth-order valence-electron chi connectivity index (χ4n) is 4.32. The quantitative estimate of drug-likeness (QED) is 0.478. The number of rotatable bonds is 3. The van der Waals surface area contributed by atoms with Crippen molar-refractivity contribution in [2.45, 2.75) is 25.3 Å². The first kappa shape index (κ1) is 17.7. The maximum Gasteiger partial charge on any atom is 0.278 e. The maximum atomic E-state index is 11.4. The van der Waals surface area contributed by atoms with E-state index < -0.39 is 0 Å². The normalized spacial score (nSPS) is 18.6. The van der Waals surface area contributed by atoms with E-state index in [1.54, 1.807) is 24.4 Å². The Morgan fingerprint density at radius 3 is 2.79 bits per heavy atom. The number of pyridine rings is 1. The summed E-state index contributed by atoms with van der Waals surface area (Å²) in [4.78, 5) is 17.9. The highest BCUT2D eigenvalue weighted by Crippen LogP contribution is 2.42. The lowest BCUT2D eigenvalue weighted by molar-refractivity contribution is -0.383. The minimum absolute atomic E-state index is 0.0863. The summed E-state index contributed by atoms with van der Waals surface area (Å²) in [5.74, 6) is 1.58. The van der Waals surface area contributed by atoms with E-state index in [9.17, 15) is 10.1 Å². The number of fused-ring (bicyclic) bond motifs is 2. The predicted molar refractivity (Wildman–Crippen MR) is 110 cm³/mol. The third kappa shape index (κ3) is 3.12. The van der Waals surface area contributed by atoms with Crippen LogP contribution in [0.5, 0.6) is 11.5 Å². The topological polar surface area (TPSA) is 77.7 Å². The zero-order valence-corrected chi connectivity index (χ0v) is 15.9. The lowest BCUT2D eigenvalue weighted by Gasteiger charge is -2.28. The van der Waals surface area contributed by atoms with Gasteiger partial charge in [-0.3, -0.25) is 15.1 Å². The maximum absolute atomic E-state index is 11.4. The molecule has 29 heavy (non-hydrogen) atoms. The summed E-state index contributed by atoms with van der Waals surface area (Å²) < 4.78 is 11.6. The van der Waals surface area contributed by atoms with Crippen molar-refractivity contribution in [3.63, 3.8) is 0 Å². The summed E-state index contributed by atoms with van der Waals surface area (Å²) in [6, 6.07) is 13.2. The van der Waals surface area contributed by atoms with Crippen LogP contribution in [-0.2, 0) is 0 Å². The molecule has 3 aromatic rings. The Labute approximate surface area is 168 Å². The molecule has 0 unspecified atom stereocenters. The molecular formula is C22H21N3O4. The standard InChI is InChI=1S/C22H21N3O4/c26-25(27)18-7-8-19(22-16(18)4-1-10-23-22)24-11-2-5-17(24)15-6-9-20-21(14-15)29-13-3-12-28-20/h1,4,6-10,14,17H,2-3,5,11-13H2/t17-/m1/s1. The summed E-state index contributed by atoms with van der Waals surface area (Å²) in [7, 11) is 0. The van der Waals surface area contributed by atoms with E-state index in [2.05, 4.69) is 22.0 Å². The van der Waals surface area contributed by atoms with Gasteiger partial charge in [0.1, 0.15) is 5.52 Å². The summed E-state index contributed by atoms with van der Waals surface area (Å²) >= 11 is 0. The Hall–Kier alpha value is -3.35. The lowest BCUT2D eigenvalue weighted by Crippen LogP contribution is -2.23. The highest BCUT2D eigenvalue weighted by molar-refractivity contribution is 5.97. The fraction of sp³-hybridized carbons (Fsp3) is 0.318. The first-order valence-electron chi connectivity index (χ1n) is 9.91. The molecule has 0 radical (unpaired) electrons. The van der Waals surface area contributed by atoms with Crippen LogP contribution in [0.2, 0.25) is 0 Å². The van der Waals surface area contributed by atoms with E-state index in [1.807, 2.05) is 12.1 Å². The number of anilines is 1. The van der Waals surface area contributed by atoms with E-state index in [-0.39, 0.29) is 16.7 Å². The monoisotopic (exact) mass is 391 g/mol. The molecule has 0 amide bonds. The van der Waals surface area contributed by atoms with Crippen LogP contribution in [0.3, 0.4) is 0 Å². The number of ether oxygens (including phenoxy) is 2. The predicted octanol–water partition coefficient (Wildman–Crippen LogP) is 4.65. The van der Waals surface area contributed by atoms with Crippen molar-refractivity contribution < 1.29 is 14.4 Å². The number of nitro groups is 1. The van der Waals surface area contributed by atoms with E-state index in [4.69, 9.17) is 9.47 Å². The molecule has 2 aromatic carbocycles. The number of hydrogen-bond donors (Lipinski definition) is 0. The van der Waals surface area contributed by atoms with Crippen molar-refractivity contribution in [3.05, 3.63) is 64.3 Å². The average Bonchev–Trinajstić information content (AvgIpc) is 3.11. The second kappa shape index (κ2) is 7.24. The minimum Gasteiger partial charge on any atom is -0.490 e. The van der Waals surface area contributed by atoms with E-state index in [0.29, 0.717) is 24.1 Å². The molecular weight excluding hydrogens is 370 g/mol. The molecule has 1 atom stereocenters. The van der Waals surface area contributed by atoms with Crippen molar-refractivity contribution >= 4 is 22.3 Å². The van der Waals surface area contributed by atoms with Crippen molar-refractivity contribution in [1.82, 2.24) is 4.98 Å². The number of hydrogen-bond acceptors (Lipinski definition) is 6. The van der Waals surface area contributed by atoms with Crippen LogP contribution >= 0.6 is 0 Å². The van der Waals surface area contributed by atoms with Crippen LogP contribution in [0.25, 0.3) is 10.9 Å². The summed E-state index contributed by atoms with van der Waals surface area (Å²) in [6.45, 7) is 2.20. The molecule has 0 spiro atoms. The Bertz CT molecular complexity index is 1080. The van der Waals surface area contributed by atoms with E-state index in [0.717, 1.165) is 48.6 Å². The van der Waals surface area contributed by atoms with Gasteiger partial charge in [-0.05, 0) is 48.7 Å². The number of aromatic nitrogens is 1. The van der Waals surface area contributed by atoms with Gasteiger partial charge in [0.2, 0.25) is 0 Å². The summed E-state index contributed by atoms with van der Waals surface area (Å²) in [5.41, 5.74) is 2.85. The van der Waals surface area contributed by atoms with Gasteiger partial charge in [-0.25, -0.2) is 0 Å². The van der Waals surface area contributed by atoms with Crippen LogP contribution in [0.4, 0.5) is 11.4 Å². The number of non-ortho nitro benzene ring substituents is 1. The van der Waals surface area contributed by atoms with Gasteiger partial charge in [0.05, 0.1) is 35.3 Å². The highest BCUT2D eigenvalue weighted by atomic mass is 16.6. The molecule has 3 heterocycles. The largest absolute Gasteiger partial charge is 0.490 e. The highest BCUT2D eigenvalue weighted by Gasteiger charge is 2.30. The zero-order valence-electron chi connectivity index (χ0n) is 15.9.